The fourth-order valence-corrected chi connectivity index (χ4v) is 3.01. The fraction of sp³-hybridized carbons (Fsp3) is 0.867. The lowest BCUT2D eigenvalue weighted by Crippen LogP contribution is -2.23. The molecule has 1 fully saturated rings. The van der Waals surface area contributed by atoms with Crippen molar-refractivity contribution in [1.29, 1.82) is 0 Å². The predicted molar refractivity (Wildman–Crippen MR) is 75.5 cm³/mol. The molecule has 0 aromatic carbocycles. The number of rotatable bonds is 4. The van der Waals surface area contributed by atoms with E-state index >= 15 is 0 Å². The highest BCUT2D eigenvalue weighted by Gasteiger charge is 2.21. The summed E-state index contributed by atoms with van der Waals surface area (Å²) in [5.41, 5.74) is 7.76. The van der Waals surface area contributed by atoms with Crippen LogP contribution in [0, 0.1) is 17.8 Å². The summed E-state index contributed by atoms with van der Waals surface area (Å²) in [6, 6.07) is 0. The van der Waals surface area contributed by atoms with Gasteiger partial charge in [-0.25, -0.2) is 5.43 Å². The molecule has 17 heavy (non-hydrogen) atoms. The van der Waals surface area contributed by atoms with E-state index in [0.717, 1.165) is 17.8 Å². The fourth-order valence-electron chi connectivity index (χ4n) is 3.01. The molecule has 2 N–H and O–H groups in total. The van der Waals surface area contributed by atoms with Crippen molar-refractivity contribution in [3.8, 4) is 0 Å². The highest BCUT2D eigenvalue weighted by atomic mass is 15.3. The minimum atomic E-state index is 0.789. The van der Waals surface area contributed by atoms with Crippen LogP contribution in [-0.2, 0) is 0 Å². The summed E-state index contributed by atoms with van der Waals surface area (Å²) in [6.45, 7) is 7.09. The lowest BCUT2D eigenvalue weighted by molar-refractivity contribution is 0.285. The molecule has 1 rings (SSSR count). The first-order chi connectivity index (χ1) is 8.19. The van der Waals surface area contributed by atoms with E-state index < -0.39 is 0 Å². The summed E-state index contributed by atoms with van der Waals surface area (Å²) in [6.07, 6.45) is 10.3. The zero-order valence-electron chi connectivity index (χ0n) is 12.1. The third-order valence-electron chi connectivity index (χ3n) is 4.29. The molecule has 0 saturated heterocycles. The van der Waals surface area contributed by atoms with E-state index in [-0.39, 0.29) is 0 Å². The molecule has 0 heterocycles. The van der Waals surface area contributed by atoms with Crippen molar-refractivity contribution in [2.45, 2.75) is 59.3 Å². The molecule has 100 valence electrons. The Morgan fingerprint density at radius 1 is 1.29 bits per heavy atom. The second-order valence-corrected chi connectivity index (χ2v) is 5.69. The Balaban J connectivity index is 2.60. The van der Waals surface area contributed by atoms with Crippen LogP contribution in [0.2, 0.25) is 0 Å². The number of nitrogens with one attached hydrogen (secondary N) is 2. The molecule has 2 nitrogen and oxygen atoms in total. The van der Waals surface area contributed by atoms with Crippen LogP contribution in [0.15, 0.2) is 11.8 Å². The van der Waals surface area contributed by atoms with Crippen LogP contribution < -0.4 is 10.9 Å². The van der Waals surface area contributed by atoms with Crippen molar-refractivity contribution < 1.29 is 0 Å². The number of hydrazine groups is 1. The Kier molecular flexibility index (Phi) is 6.64. The van der Waals surface area contributed by atoms with Crippen molar-refractivity contribution in [1.82, 2.24) is 10.9 Å². The highest BCUT2D eigenvalue weighted by molar-refractivity contribution is 5.06. The van der Waals surface area contributed by atoms with Gasteiger partial charge in [0.05, 0.1) is 0 Å². The van der Waals surface area contributed by atoms with Crippen molar-refractivity contribution in [3.63, 3.8) is 0 Å². The van der Waals surface area contributed by atoms with Gasteiger partial charge in [0.1, 0.15) is 0 Å². The average molecular weight is 238 g/mol. The predicted octanol–water partition coefficient (Wildman–Crippen LogP) is 3.86. The van der Waals surface area contributed by atoms with Gasteiger partial charge in [0.25, 0.3) is 0 Å². The summed E-state index contributed by atoms with van der Waals surface area (Å²) in [7, 11) is 1.93. The number of allylic oxidation sites excluding steroid dienone is 1. The van der Waals surface area contributed by atoms with Crippen LogP contribution in [0.1, 0.15) is 59.3 Å². The standard InChI is InChI=1S/C15H30N2/c1-5-13-9-10-14(12(2)3)7-6-8-15(13)11-17-16-4/h11-14,16-17H,5-10H2,1-4H3/b15-11-. The molecular weight excluding hydrogens is 208 g/mol. The van der Waals surface area contributed by atoms with E-state index in [0.29, 0.717) is 0 Å². The zero-order chi connectivity index (χ0) is 12.7. The lowest BCUT2D eigenvalue weighted by atomic mass is 9.78. The number of hydrogen-bond acceptors (Lipinski definition) is 2. The van der Waals surface area contributed by atoms with Gasteiger partial charge in [-0.3, -0.25) is 0 Å². The summed E-state index contributed by atoms with van der Waals surface area (Å²) in [5.74, 6) is 2.59. The molecule has 0 aromatic heterocycles. The first-order valence-corrected chi connectivity index (χ1v) is 7.30. The minimum Gasteiger partial charge on any atom is -0.329 e. The smallest absolute Gasteiger partial charge is 0.0120 e. The Morgan fingerprint density at radius 2 is 2.06 bits per heavy atom. The van der Waals surface area contributed by atoms with E-state index in [1.165, 1.54) is 38.5 Å². The molecule has 0 aliphatic heterocycles. The van der Waals surface area contributed by atoms with E-state index in [1.807, 2.05) is 7.05 Å². The topological polar surface area (TPSA) is 24.1 Å². The van der Waals surface area contributed by atoms with E-state index in [1.54, 1.807) is 5.57 Å². The van der Waals surface area contributed by atoms with Gasteiger partial charge in [0, 0.05) is 13.2 Å². The molecule has 0 spiro atoms. The Hall–Kier alpha value is -0.500. The maximum Gasteiger partial charge on any atom is 0.0120 e. The molecule has 2 atom stereocenters. The van der Waals surface area contributed by atoms with Crippen LogP contribution in [0.4, 0.5) is 0 Å². The van der Waals surface area contributed by atoms with Crippen molar-refractivity contribution >= 4 is 0 Å². The normalized spacial score (nSPS) is 29.1. The average Bonchev–Trinajstić information content (AvgIpc) is 2.28. The molecule has 1 aliphatic rings. The van der Waals surface area contributed by atoms with Gasteiger partial charge in [-0.1, -0.05) is 26.3 Å². The van der Waals surface area contributed by atoms with Crippen LogP contribution in [0.3, 0.4) is 0 Å². The first kappa shape index (κ1) is 14.6. The first-order valence-electron chi connectivity index (χ1n) is 7.30. The second kappa shape index (κ2) is 7.75. The van der Waals surface area contributed by atoms with Crippen molar-refractivity contribution in [2.75, 3.05) is 7.05 Å². The molecule has 1 aliphatic carbocycles. The largest absolute Gasteiger partial charge is 0.329 e. The van der Waals surface area contributed by atoms with Crippen LogP contribution in [0.25, 0.3) is 0 Å². The highest BCUT2D eigenvalue weighted by Crippen LogP contribution is 2.34. The zero-order valence-corrected chi connectivity index (χ0v) is 12.1. The quantitative estimate of drug-likeness (QED) is 0.727. The molecule has 0 radical (unpaired) electrons. The van der Waals surface area contributed by atoms with Crippen LogP contribution in [-0.4, -0.2) is 7.05 Å². The van der Waals surface area contributed by atoms with Gasteiger partial charge in [-0.05, 0) is 56.3 Å². The van der Waals surface area contributed by atoms with Gasteiger partial charge >= 0.3 is 0 Å². The van der Waals surface area contributed by atoms with Gasteiger partial charge in [-0.15, -0.1) is 0 Å². The SMILES string of the molecule is CCC1CCC(C(C)C)CCC/C1=C/NNC. The van der Waals surface area contributed by atoms with E-state index in [9.17, 15) is 0 Å². The maximum absolute atomic E-state index is 3.15. The third-order valence-corrected chi connectivity index (χ3v) is 4.29. The van der Waals surface area contributed by atoms with Crippen molar-refractivity contribution in [2.24, 2.45) is 17.8 Å². The van der Waals surface area contributed by atoms with Crippen LogP contribution in [0.5, 0.6) is 0 Å². The maximum atomic E-state index is 3.15. The van der Waals surface area contributed by atoms with E-state index in [2.05, 4.69) is 37.8 Å². The molecule has 2 unspecified atom stereocenters. The summed E-state index contributed by atoms with van der Waals surface area (Å²) >= 11 is 0. The molecule has 1 saturated carbocycles. The summed E-state index contributed by atoms with van der Waals surface area (Å²) < 4.78 is 0. The van der Waals surface area contributed by atoms with Gasteiger partial charge < -0.3 is 5.43 Å². The molecule has 0 bridgehead atoms. The lowest BCUT2D eigenvalue weighted by Gasteiger charge is -2.28. The number of hydrogen-bond donors (Lipinski definition) is 2. The van der Waals surface area contributed by atoms with Crippen LogP contribution >= 0.6 is 0 Å². The minimum absolute atomic E-state index is 0.789. The van der Waals surface area contributed by atoms with Gasteiger partial charge in [0.15, 0.2) is 0 Å². The Morgan fingerprint density at radius 3 is 2.65 bits per heavy atom. The Bertz CT molecular complexity index is 233. The molecule has 2 heteroatoms. The second-order valence-electron chi connectivity index (χ2n) is 5.69. The molecular formula is C15H30N2. The van der Waals surface area contributed by atoms with Gasteiger partial charge in [0.2, 0.25) is 0 Å². The molecule has 0 aromatic rings. The van der Waals surface area contributed by atoms with Crippen molar-refractivity contribution in [3.05, 3.63) is 11.8 Å². The summed E-state index contributed by atoms with van der Waals surface area (Å²) in [4.78, 5) is 0. The molecule has 0 amide bonds. The van der Waals surface area contributed by atoms with Gasteiger partial charge in [-0.2, -0.15) is 0 Å². The monoisotopic (exact) mass is 238 g/mol. The summed E-state index contributed by atoms with van der Waals surface area (Å²) in [5, 5.41) is 0. The van der Waals surface area contributed by atoms with E-state index in [4.69, 9.17) is 0 Å². The Labute approximate surface area is 107 Å². The third kappa shape index (κ3) is 4.71.